The number of nitrogens with zero attached hydrogens (tertiary/aromatic N) is 1. The number of hydrogen-bond acceptors (Lipinski definition) is 2. The Morgan fingerprint density at radius 3 is 2.44 bits per heavy atom. The molecule has 1 aromatic heterocycles. The molecule has 2 saturated carbocycles. The summed E-state index contributed by atoms with van der Waals surface area (Å²) in [5.74, 6) is 1.85. The molecule has 1 N–H and O–H groups in total. The fraction of sp³-hybridized carbons (Fsp3) is 0.615. The summed E-state index contributed by atoms with van der Waals surface area (Å²) in [6.07, 6.45) is 7.59. The Labute approximate surface area is 105 Å². The highest BCUT2D eigenvalue weighted by molar-refractivity contribution is 9.10. The zero-order chi connectivity index (χ0) is 11.1. The summed E-state index contributed by atoms with van der Waals surface area (Å²) in [5, 5.41) is 3.69. The van der Waals surface area contributed by atoms with Gasteiger partial charge in [-0.05, 0) is 72.0 Å². The van der Waals surface area contributed by atoms with Crippen LogP contribution in [0.1, 0.15) is 31.2 Å². The number of anilines is 1. The maximum atomic E-state index is 4.35. The van der Waals surface area contributed by atoms with E-state index in [-0.39, 0.29) is 0 Å². The first kappa shape index (κ1) is 10.6. The van der Waals surface area contributed by atoms with E-state index in [0.717, 1.165) is 16.4 Å². The van der Waals surface area contributed by atoms with E-state index < -0.39 is 0 Å². The molecule has 0 aromatic carbocycles. The molecule has 0 spiro atoms. The van der Waals surface area contributed by atoms with Crippen molar-refractivity contribution in [3.05, 3.63) is 22.4 Å². The number of hydrogen-bond donors (Lipinski definition) is 1. The number of aryl methyl sites for hydroxylation is 1. The highest BCUT2D eigenvalue weighted by Gasteiger charge is 2.41. The minimum absolute atomic E-state index is 0.711. The van der Waals surface area contributed by atoms with Crippen LogP contribution in [-0.2, 0) is 0 Å². The minimum atomic E-state index is 0.711. The predicted octanol–water partition coefficient (Wildman–Crippen LogP) is 3.75. The summed E-state index contributed by atoms with van der Waals surface area (Å²) in [6, 6.07) is 2.90. The Balaban J connectivity index is 1.73. The summed E-state index contributed by atoms with van der Waals surface area (Å²) in [7, 11) is 0. The third-order valence-electron chi connectivity index (χ3n) is 3.61. The van der Waals surface area contributed by atoms with Gasteiger partial charge in [0.25, 0.3) is 0 Å². The van der Waals surface area contributed by atoms with Crippen LogP contribution in [0.3, 0.4) is 0 Å². The highest BCUT2D eigenvalue weighted by atomic mass is 79.9. The van der Waals surface area contributed by atoms with Crippen LogP contribution < -0.4 is 5.32 Å². The molecule has 0 saturated heterocycles. The molecule has 86 valence electrons. The van der Waals surface area contributed by atoms with E-state index >= 15 is 0 Å². The van der Waals surface area contributed by atoms with E-state index in [2.05, 4.69) is 39.2 Å². The quantitative estimate of drug-likeness (QED) is 0.850. The van der Waals surface area contributed by atoms with Crippen LogP contribution in [0.15, 0.2) is 16.9 Å². The van der Waals surface area contributed by atoms with E-state index in [1.54, 1.807) is 0 Å². The summed E-state index contributed by atoms with van der Waals surface area (Å²) in [5.41, 5.74) is 2.39. The minimum Gasteiger partial charge on any atom is -0.381 e. The summed E-state index contributed by atoms with van der Waals surface area (Å²) >= 11 is 3.44. The Kier molecular flexibility index (Phi) is 2.66. The van der Waals surface area contributed by atoms with Gasteiger partial charge in [-0.2, -0.15) is 0 Å². The normalized spacial score (nSPS) is 20.2. The zero-order valence-electron chi connectivity index (χ0n) is 9.54. The monoisotopic (exact) mass is 280 g/mol. The Morgan fingerprint density at radius 1 is 1.31 bits per heavy atom. The van der Waals surface area contributed by atoms with Crippen molar-refractivity contribution in [1.29, 1.82) is 0 Å². The lowest BCUT2D eigenvalue weighted by Crippen LogP contribution is -2.24. The number of nitrogens with one attached hydrogen (secondary N) is 1. The fourth-order valence-electron chi connectivity index (χ4n) is 2.36. The molecular formula is C13H17BrN2. The molecule has 0 unspecified atom stereocenters. The molecule has 0 radical (unpaired) electrons. The van der Waals surface area contributed by atoms with Crippen LogP contribution in [0, 0.1) is 18.8 Å². The van der Waals surface area contributed by atoms with Crippen molar-refractivity contribution in [2.75, 3.05) is 5.32 Å². The lowest BCUT2D eigenvalue weighted by atomic mass is 10.1. The summed E-state index contributed by atoms with van der Waals surface area (Å²) in [6.45, 7) is 2.09. The van der Waals surface area contributed by atoms with E-state index in [4.69, 9.17) is 0 Å². The van der Waals surface area contributed by atoms with E-state index in [0.29, 0.717) is 6.04 Å². The van der Waals surface area contributed by atoms with Crippen LogP contribution >= 0.6 is 15.9 Å². The number of pyridine rings is 1. The van der Waals surface area contributed by atoms with Gasteiger partial charge in [-0.15, -0.1) is 0 Å². The molecular weight excluding hydrogens is 264 g/mol. The lowest BCUT2D eigenvalue weighted by molar-refractivity contribution is 0.567. The van der Waals surface area contributed by atoms with Gasteiger partial charge in [-0.1, -0.05) is 0 Å². The van der Waals surface area contributed by atoms with Gasteiger partial charge in [-0.25, -0.2) is 4.98 Å². The standard InChI is InChI=1S/C13H17BrN2/c1-8-6-11(7-15-13(8)14)16-12(9-2-3-9)10-4-5-10/h6-7,9-10,12,16H,2-5H2,1H3. The second-order valence-corrected chi connectivity index (χ2v) is 5.93. The van der Waals surface area contributed by atoms with Gasteiger partial charge in [0.15, 0.2) is 0 Å². The number of rotatable bonds is 4. The topological polar surface area (TPSA) is 24.9 Å². The maximum absolute atomic E-state index is 4.35. The van der Waals surface area contributed by atoms with Crippen LogP contribution in [-0.4, -0.2) is 11.0 Å². The first-order valence-electron chi connectivity index (χ1n) is 6.13. The van der Waals surface area contributed by atoms with E-state index in [1.165, 1.54) is 36.9 Å². The molecule has 2 fully saturated rings. The molecule has 0 aliphatic heterocycles. The molecule has 3 heteroatoms. The Bertz CT molecular complexity index is 385. The van der Waals surface area contributed by atoms with Crippen LogP contribution in [0.5, 0.6) is 0 Å². The average Bonchev–Trinajstić information content (AvgIpc) is 3.14. The molecule has 2 nitrogen and oxygen atoms in total. The summed E-state index contributed by atoms with van der Waals surface area (Å²) < 4.78 is 0.951. The second-order valence-electron chi connectivity index (χ2n) is 5.18. The molecule has 0 bridgehead atoms. The molecule has 2 aliphatic carbocycles. The van der Waals surface area contributed by atoms with Crippen LogP contribution in [0.2, 0.25) is 0 Å². The van der Waals surface area contributed by atoms with Gasteiger partial charge in [0.2, 0.25) is 0 Å². The van der Waals surface area contributed by atoms with Crippen molar-refractivity contribution >= 4 is 21.6 Å². The largest absolute Gasteiger partial charge is 0.381 e. The van der Waals surface area contributed by atoms with Gasteiger partial charge in [0, 0.05) is 6.04 Å². The van der Waals surface area contributed by atoms with E-state index in [1.807, 2.05) is 6.20 Å². The van der Waals surface area contributed by atoms with Crippen molar-refractivity contribution in [3.63, 3.8) is 0 Å². The second kappa shape index (κ2) is 4.02. The Hall–Kier alpha value is -0.570. The van der Waals surface area contributed by atoms with Crippen molar-refractivity contribution in [2.45, 2.75) is 38.6 Å². The molecule has 1 heterocycles. The molecule has 2 aliphatic rings. The fourth-order valence-corrected chi connectivity index (χ4v) is 2.58. The molecule has 3 rings (SSSR count). The first-order chi connectivity index (χ1) is 7.74. The lowest BCUT2D eigenvalue weighted by Gasteiger charge is -2.19. The van der Waals surface area contributed by atoms with Crippen molar-refractivity contribution < 1.29 is 0 Å². The molecule has 16 heavy (non-hydrogen) atoms. The number of aromatic nitrogens is 1. The van der Waals surface area contributed by atoms with Crippen LogP contribution in [0.4, 0.5) is 5.69 Å². The molecule has 0 atom stereocenters. The van der Waals surface area contributed by atoms with E-state index in [9.17, 15) is 0 Å². The van der Waals surface area contributed by atoms with Gasteiger partial charge in [0.05, 0.1) is 11.9 Å². The molecule has 1 aromatic rings. The number of halogens is 1. The Morgan fingerprint density at radius 2 is 1.94 bits per heavy atom. The van der Waals surface area contributed by atoms with Crippen molar-refractivity contribution in [3.8, 4) is 0 Å². The van der Waals surface area contributed by atoms with Crippen LogP contribution in [0.25, 0.3) is 0 Å². The van der Waals surface area contributed by atoms with Gasteiger partial charge in [-0.3, -0.25) is 0 Å². The summed E-state index contributed by atoms with van der Waals surface area (Å²) in [4.78, 5) is 4.35. The van der Waals surface area contributed by atoms with Gasteiger partial charge >= 0.3 is 0 Å². The SMILES string of the molecule is Cc1cc(NC(C2CC2)C2CC2)cnc1Br. The zero-order valence-corrected chi connectivity index (χ0v) is 11.1. The maximum Gasteiger partial charge on any atom is 0.109 e. The molecule has 0 amide bonds. The first-order valence-corrected chi connectivity index (χ1v) is 6.92. The van der Waals surface area contributed by atoms with Gasteiger partial charge < -0.3 is 5.32 Å². The van der Waals surface area contributed by atoms with Gasteiger partial charge in [0.1, 0.15) is 4.60 Å². The third kappa shape index (κ3) is 2.24. The van der Waals surface area contributed by atoms with Crippen molar-refractivity contribution in [1.82, 2.24) is 4.98 Å². The average molecular weight is 281 g/mol. The third-order valence-corrected chi connectivity index (χ3v) is 4.44. The smallest absolute Gasteiger partial charge is 0.109 e. The highest BCUT2D eigenvalue weighted by Crippen LogP contribution is 2.45. The van der Waals surface area contributed by atoms with Crippen molar-refractivity contribution in [2.24, 2.45) is 11.8 Å². The predicted molar refractivity (Wildman–Crippen MR) is 69.5 cm³/mol.